The zero-order valence-electron chi connectivity index (χ0n) is 13.3. The second-order valence-electron chi connectivity index (χ2n) is 6.60. The van der Waals surface area contributed by atoms with Crippen LogP contribution in [0.1, 0.15) is 31.9 Å². The summed E-state index contributed by atoms with van der Waals surface area (Å²) in [6.45, 7) is 8.60. The summed E-state index contributed by atoms with van der Waals surface area (Å²) in [6, 6.07) is 7.78. The minimum absolute atomic E-state index is 0.135. The molecule has 0 saturated heterocycles. The molecule has 2 rings (SSSR count). The largest absolute Gasteiger partial charge is 0.481 e. The molecule has 112 valence electrons. The fourth-order valence-electron chi connectivity index (χ4n) is 2.44. The maximum atomic E-state index is 14.2. The van der Waals surface area contributed by atoms with Crippen LogP contribution in [-0.2, 0) is 6.42 Å². The van der Waals surface area contributed by atoms with Gasteiger partial charge in [0.25, 0.3) is 0 Å². The summed E-state index contributed by atoms with van der Waals surface area (Å²) in [4.78, 5) is 3.91. The summed E-state index contributed by atoms with van der Waals surface area (Å²) in [5.74, 6) is 0.100. The first kappa shape index (κ1) is 15.5. The van der Waals surface area contributed by atoms with Crippen molar-refractivity contribution in [3.8, 4) is 17.0 Å². The summed E-state index contributed by atoms with van der Waals surface area (Å²) in [5.41, 5.74) is 3.92. The molecule has 0 unspecified atom stereocenters. The highest BCUT2D eigenvalue weighted by atomic mass is 19.1. The Morgan fingerprint density at radius 3 is 2.48 bits per heavy atom. The van der Waals surface area contributed by atoms with E-state index in [1.807, 2.05) is 12.1 Å². The van der Waals surface area contributed by atoms with Gasteiger partial charge in [-0.2, -0.15) is 0 Å². The quantitative estimate of drug-likeness (QED) is 0.809. The van der Waals surface area contributed by atoms with Crippen molar-refractivity contribution < 1.29 is 9.13 Å². The minimum atomic E-state index is -0.324. The van der Waals surface area contributed by atoms with Crippen LogP contribution in [0.4, 0.5) is 4.39 Å². The number of nitrogens with zero attached hydrogens (tertiary/aromatic N) is 1. The highest BCUT2D eigenvalue weighted by Crippen LogP contribution is 2.33. The maximum absolute atomic E-state index is 14.2. The molecule has 2 aromatic rings. The lowest BCUT2D eigenvalue weighted by Gasteiger charge is -2.21. The SMILES string of the molecule is COc1cc(-c2ccc(C)cc2CC(C)(C)C)c(F)cn1. The number of halogens is 1. The van der Waals surface area contributed by atoms with Crippen molar-refractivity contribution >= 4 is 0 Å². The lowest BCUT2D eigenvalue weighted by atomic mass is 9.84. The standard InChI is InChI=1S/C18H22FNO/c1-12-6-7-14(13(8-12)10-18(2,3)4)15-9-17(21-5)20-11-16(15)19/h6-9,11H,10H2,1-5H3. The molecule has 0 N–H and O–H groups in total. The van der Waals surface area contributed by atoms with Crippen LogP contribution in [-0.4, -0.2) is 12.1 Å². The average molecular weight is 287 g/mol. The number of aryl methyl sites for hydroxylation is 1. The van der Waals surface area contributed by atoms with Gasteiger partial charge in [-0.1, -0.05) is 44.5 Å². The average Bonchev–Trinajstić information content (AvgIpc) is 2.38. The lowest BCUT2D eigenvalue weighted by molar-refractivity contribution is 0.396. The first-order chi connectivity index (χ1) is 9.80. The number of hydrogen-bond acceptors (Lipinski definition) is 2. The topological polar surface area (TPSA) is 22.1 Å². The number of pyridine rings is 1. The Balaban J connectivity index is 2.58. The van der Waals surface area contributed by atoms with E-state index in [0.29, 0.717) is 11.4 Å². The number of hydrogen-bond donors (Lipinski definition) is 0. The maximum Gasteiger partial charge on any atom is 0.213 e. The number of benzene rings is 1. The second-order valence-corrected chi connectivity index (χ2v) is 6.60. The molecule has 1 aromatic heterocycles. The Morgan fingerprint density at radius 1 is 1.14 bits per heavy atom. The third-order valence-electron chi connectivity index (χ3n) is 3.31. The molecule has 3 heteroatoms. The van der Waals surface area contributed by atoms with E-state index in [0.717, 1.165) is 17.5 Å². The van der Waals surface area contributed by atoms with Crippen LogP contribution in [0.3, 0.4) is 0 Å². The van der Waals surface area contributed by atoms with Crippen LogP contribution in [0.15, 0.2) is 30.5 Å². The van der Waals surface area contributed by atoms with Crippen LogP contribution in [0.2, 0.25) is 0 Å². The first-order valence-electron chi connectivity index (χ1n) is 7.09. The molecule has 0 bridgehead atoms. The highest BCUT2D eigenvalue weighted by molar-refractivity contribution is 5.69. The van der Waals surface area contributed by atoms with Crippen LogP contribution in [0.25, 0.3) is 11.1 Å². The predicted octanol–water partition coefficient (Wildman–Crippen LogP) is 4.79. The summed E-state index contributed by atoms with van der Waals surface area (Å²) in [5, 5.41) is 0. The van der Waals surface area contributed by atoms with Gasteiger partial charge in [0.2, 0.25) is 5.88 Å². The molecule has 0 spiro atoms. The Labute approximate surface area is 126 Å². The third kappa shape index (κ3) is 3.81. The molecule has 0 saturated carbocycles. The third-order valence-corrected chi connectivity index (χ3v) is 3.31. The number of aromatic nitrogens is 1. The van der Waals surface area contributed by atoms with Crippen LogP contribution >= 0.6 is 0 Å². The van der Waals surface area contributed by atoms with Gasteiger partial charge in [0.05, 0.1) is 13.3 Å². The number of methoxy groups -OCH3 is 1. The fraction of sp³-hybridized carbons (Fsp3) is 0.389. The molecule has 0 amide bonds. The van der Waals surface area contributed by atoms with Gasteiger partial charge in [0.15, 0.2) is 0 Å². The van der Waals surface area contributed by atoms with Gasteiger partial charge >= 0.3 is 0 Å². The van der Waals surface area contributed by atoms with Gasteiger partial charge in [-0.25, -0.2) is 9.37 Å². The molecule has 1 aromatic carbocycles. The van der Waals surface area contributed by atoms with Gasteiger partial charge in [-0.05, 0) is 29.9 Å². The van der Waals surface area contributed by atoms with Gasteiger partial charge in [0.1, 0.15) is 5.82 Å². The van der Waals surface area contributed by atoms with Gasteiger partial charge in [0, 0.05) is 11.6 Å². The molecule has 21 heavy (non-hydrogen) atoms. The van der Waals surface area contributed by atoms with Crippen molar-refractivity contribution in [3.05, 3.63) is 47.4 Å². The molecular formula is C18H22FNO. The monoisotopic (exact) mass is 287 g/mol. The smallest absolute Gasteiger partial charge is 0.213 e. The number of rotatable bonds is 3. The predicted molar refractivity (Wildman–Crippen MR) is 84.1 cm³/mol. The van der Waals surface area contributed by atoms with E-state index < -0.39 is 0 Å². The lowest BCUT2D eigenvalue weighted by Crippen LogP contribution is -2.10. The molecule has 1 heterocycles. The Morgan fingerprint density at radius 2 is 1.86 bits per heavy atom. The highest BCUT2D eigenvalue weighted by Gasteiger charge is 2.17. The van der Waals surface area contributed by atoms with Crippen molar-refractivity contribution in [3.63, 3.8) is 0 Å². The molecular weight excluding hydrogens is 265 g/mol. The van der Waals surface area contributed by atoms with Gasteiger partial charge < -0.3 is 4.74 Å². The second kappa shape index (κ2) is 5.84. The molecule has 0 aliphatic rings. The van der Waals surface area contributed by atoms with Crippen LogP contribution in [0.5, 0.6) is 5.88 Å². The van der Waals surface area contributed by atoms with Gasteiger partial charge in [-0.15, -0.1) is 0 Å². The summed E-state index contributed by atoms with van der Waals surface area (Å²) in [6.07, 6.45) is 2.10. The van der Waals surface area contributed by atoms with E-state index in [-0.39, 0.29) is 11.2 Å². The van der Waals surface area contributed by atoms with Gasteiger partial charge in [-0.3, -0.25) is 0 Å². The fourth-order valence-corrected chi connectivity index (χ4v) is 2.44. The van der Waals surface area contributed by atoms with E-state index in [9.17, 15) is 4.39 Å². The van der Waals surface area contributed by atoms with Crippen LogP contribution in [0, 0.1) is 18.2 Å². The zero-order chi connectivity index (χ0) is 15.6. The summed E-state index contributed by atoms with van der Waals surface area (Å²) < 4.78 is 19.3. The van der Waals surface area contributed by atoms with Crippen molar-refractivity contribution in [1.29, 1.82) is 0 Å². The van der Waals surface area contributed by atoms with E-state index >= 15 is 0 Å². The summed E-state index contributed by atoms with van der Waals surface area (Å²) in [7, 11) is 1.54. The molecule has 0 aliphatic carbocycles. The molecule has 0 radical (unpaired) electrons. The number of ether oxygens (including phenoxy) is 1. The Kier molecular flexibility index (Phi) is 4.31. The first-order valence-corrected chi connectivity index (χ1v) is 7.09. The summed E-state index contributed by atoms with van der Waals surface area (Å²) >= 11 is 0. The van der Waals surface area contributed by atoms with E-state index in [4.69, 9.17) is 4.74 Å². The molecule has 2 nitrogen and oxygen atoms in total. The van der Waals surface area contributed by atoms with E-state index in [2.05, 4.69) is 38.7 Å². The van der Waals surface area contributed by atoms with Crippen molar-refractivity contribution in [2.24, 2.45) is 5.41 Å². The Hall–Kier alpha value is -1.90. The van der Waals surface area contributed by atoms with Crippen molar-refractivity contribution in [1.82, 2.24) is 4.98 Å². The zero-order valence-corrected chi connectivity index (χ0v) is 13.3. The molecule has 0 atom stereocenters. The van der Waals surface area contributed by atoms with Crippen molar-refractivity contribution in [2.75, 3.05) is 7.11 Å². The van der Waals surface area contributed by atoms with Crippen LogP contribution < -0.4 is 4.74 Å². The minimum Gasteiger partial charge on any atom is -0.481 e. The van der Waals surface area contributed by atoms with E-state index in [1.165, 1.54) is 18.9 Å². The van der Waals surface area contributed by atoms with Crippen molar-refractivity contribution in [2.45, 2.75) is 34.1 Å². The normalized spacial score (nSPS) is 11.5. The Bertz CT molecular complexity index is 644. The van der Waals surface area contributed by atoms with E-state index in [1.54, 1.807) is 6.07 Å². The molecule has 0 fully saturated rings. The molecule has 0 aliphatic heterocycles.